The smallest absolute Gasteiger partial charge is 0.247 e. The highest BCUT2D eigenvalue weighted by Crippen LogP contribution is 2.63. The minimum absolute atomic E-state index is 0.00696. The van der Waals surface area contributed by atoms with Crippen LogP contribution in [0.1, 0.15) is 46.0 Å². The molecular formula is C19H24INO3. The molecule has 0 spiro atoms. The van der Waals surface area contributed by atoms with Crippen LogP contribution >= 0.6 is 23.0 Å². The number of carbonyl (C=O) groups is 2. The van der Waals surface area contributed by atoms with Crippen molar-refractivity contribution in [3.63, 3.8) is 0 Å². The zero-order valence-electron chi connectivity index (χ0n) is 14.2. The van der Waals surface area contributed by atoms with Gasteiger partial charge < -0.3 is 8.38 Å². The summed E-state index contributed by atoms with van der Waals surface area (Å²) < 4.78 is 5.72. The largest absolute Gasteiger partial charge is 0.329 e. The highest BCUT2D eigenvalue weighted by Gasteiger charge is 2.61. The lowest BCUT2D eigenvalue weighted by Gasteiger charge is -2.54. The molecule has 0 aromatic heterocycles. The summed E-state index contributed by atoms with van der Waals surface area (Å²) in [5, 5.41) is 2.78. The number of carbonyl (C=O) groups excluding carboxylic acids is 2. The quantitative estimate of drug-likeness (QED) is 0.632. The van der Waals surface area contributed by atoms with Crippen molar-refractivity contribution in [1.29, 1.82) is 0 Å². The first-order chi connectivity index (χ1) is 11.4. The number of ketones is 1. The van der Waals surface area contributed by atoms with Crippen LogP contribution < -0.4 is 5.32 Å². The molecule has 0 bridgehead atoms. The maximum atomic E-state index is 13.3. The summed E-state index contributed by atoms with van der Waals surface area (Å²) in [7, 11) is 0. The first-order valence-corrected chi connectivity index (χ1v) is 9.77. The molecule has 1 N–H and O–H groups in total. The van der Waals surface area contributed by atoms with Gasteiger partial charge in [0.15, 0.2) is 0 Å². The van der Waals surface area contributed by atoms with Crippen LogP contribution in [0.15, 0.2) is 23.9 Å². The summed E-state index contributed by atoms with van der Waals surface area (Å²) in [4.78, 5) is 25.2. The van der Waals surface area contributed by atoms with Gasteiger partial charge in [0.1, 0.15) is 28.8 Å². The fourth-order valence-corrected chi connectivity index (χ4v) is 6.99. The second-order valence-electron chi connectivity index (χ2n) is 8.38. The van der Waals surface area contributed by atoms with Crippen LogP contribution in [-0.2, 0) is 12.7 Å². The molecule has 5 heteroatoms. The average Bonchev–Trinajstić information content (AvgIpc) is 2.76. The van der Waals surface area contributed by atoms with Crippen LogP contribution in [0.2, 0.25) is 0 Å². The molecule has 4 rings (SSSR count). The Kier molecular flexibility index (Phi) is 3.95. The summed E-state index contributed by atoms with van der Waals surface area (Å²) in [5.74, 6) is 1.21. The first-order valence-electron chi connectivity index (χ1n) is 8.89. The minimum atomic E-state index is -0.330. The molecule has 3 saturated carbocycles. The Bertz CT molecular complexity index is 657. The maximum absolute atomic E-state index is 13.3. The van der Waals surface area contributed by atoms with Crippen LogP contribution in [0, 0.1) is 28.6 Å². The Morgan fingerprint density at radius 3 is 2.79 bits per heavy atom. The van der Waals surface area contributed by atoms with Gasteiger partial charge in [0, 0.05) is 35.4 Å². The van der Waals surface area contributed by atoms with Gasteiger partial charge in [0.2, 0.25) is 5.91 Å². The normalized spacial score (nSPS) is 47.2. The number of hydrogen-bond donors (Lipinski definition) is 1. The van der Waals surface area contributed by atoms with Crippen molar-refractivity contribution in [2.24, 2.45) is 28.6 Å². The number of allylic oxidation sites excluding steroid dienone is 2. The lowest BCUT2D eigenvalue weighted by molar-refractivity contribution is -0.143. The SMILES string of the molecule is C[C@]12CC(=O)[C@H]3[C@@H](CCC4=CC(=O)NC=C[C@@]43C)[C@@H]1CC[C@@H]2OI. The highest BCUT2D eigenvalue weighted by atomic mass is 127. The standard InChI is InChI=1S/C19H24INO3/c1-18-7-8-21-16(23)9-11(18)3-4-12-13-5-6-15(24-20)19(13,2)10-14(22)17(12)18/h7-9,12-13,15,17H,3-6,10H2,1-2H3,(H,21,23)/t12-,13-,15-,17+,18-,19-/m0/s1. The Labute approximate surface area is 157 Å². The lowest BCUT2D eigenvalue weighted by atomic mass is 9.48. The number of amides is 1. The molecule has 3 aliphatic carbocycles. The van der Waals surface area contributed by atoms with Gasteiger partial charge >= 0.3 is 0 Å². The van der Waals surface area contributed by atoms with E-state index < -0.39 is 0 Å². The van der Waals surface area contributed by atoms with E-state index in [-0.39, 0.29) is 28.8 Å². The van der Waals surface area contributed by atoms with E-state index in [0.29, 0.717) is 24.0 Å². The number of nitrogens with one attached hydrogen (secondary N) is 1. The fraction of sp³-hybridized carbons (Fsp3) is 0.684. The molecule has 1 aliphatic heterocycles. The van der Waals surface area contributed by atoms with E-state index in [9.17, 15) is 9.59 Å². The molecular weight excluding hydrogens is 417 g/mol. The molecule has 4 nitrogen and oxygen atoms in total. The summed E-state index contributed by atoms with van der Waals surface area (Å²) in [6.07, 6.45) is 10.4. The predicted octanol–water partition coefficient (Wildman–Crippen LogP) is 3.71. The molecule has 6 atom stereocenters. The average molecular weight is 441 g/mol. The van der Waals surface area contributed by atoms with Crippen LogP contribution in [0.3, 0.4) is 0 Å². The molecule has 0 saturated heterocycles. The monoisotopic (exact) mass is 441 g/mol. The van der Waals surface area contributed by atoms with Crippen molar-refractivity contribution in [3.8, 4) is 0 Å². The summed E-state index contributed by atoms with van der Waals surface area (Å²) in [5.41, 5.74) is 0.759. The first kappa shape index (κ1) is 16.8. The number of halogens is 1. The van der Waals surface area contributed by atoms with Crippen molar-refractivity contribution < 1.29 is 12.7 Å². The van der Waals surface area contributed by atoms with Crippen LogP contribution in [0.25, 0.3) is 0 Å². The van der Waals surface area contributed by atoms with E-state index in [0.717, 1.165) is 31.3 Å². The molecule has 1 amide bonds. The molecule has 0 aromatic rings. The van der Waals surface area contributed by atoms with Gasteiger partial charge in [-0.2, -0.15) is 0 Å². The van der Waals surface area contributed by atoms with Crippen LogP contribution in [0.4, 0.5) is 0 Å². The van der Waals surface area contributed by atoms with Crippen LogP contribution in [0.5, 0.6) is 0 Å². The third-order valence-corrected chi connectivity index (χ3v) is 7.94. The molecule has 3 fully saturated rings. The van der Waals surface area contributed by atoms with E-state index in [1.807, 2.05) is 23.0 Å². The van der Waals surface area contributed by atoms with Gasteiger partial charge in [-0.05, 0) is 37.5 Å². The van der Waals surface area contributed by atoms with Crippen molar-refractivity contribution in [2.75, 3.05) is 0 Å². The molecule has 0 unspecified atom stereocenters. The van der Waals surface area contributed by atoms with Crippen molar-refractivity contribution >= 4 is 34.7 Å². The number of fused-ring (bicyclic) bond motifs is 5. The zero-order valence-corrected chi connectivity index (χ0v) is 16.3. The van der Waals surface area contributed by atoms with Gasteiger partial charge in [-0.15, -0.1) is 0 Å². The third-order valence-electron chi connectivity index (χ3n) is 7.32. The third kappa shape index (κ3) is 2.19. The van der Waals surface area contributed by atoms with Crippen molar-refractivity contribution in [1.82, 2.24) is 5.32 Å². The van der Waals surface area contributed by atoms with E-state index >= 15 is 0 Å². The maximum Gasteiger partial charge on any atom is 0.247 e. The summed E-state index contributed by atoms with van der Waals surface area (Å²) in [6, 6.07) is 0. The van der Waals surface area contributed by atoms with Gasteiger partial charge in [-0.1, -0.05) is 25.5 Å². The molecule has 1 heterocycles. The van der Waals surface area contributed by atoms with E-state index in [1.165, 1.54) is 0 Å². The zero-order chi connectivity index (χ0) is 17.1. The highest BCUT2D eigenvalue weighted by molar-refractivity contribution is 14.1. The fourth-order valence-electron chi connectivity index (χ4n) is 6.15. The molecule has 0 aromatic carbocycles. The minimum Gasteiger partial charge on any atom is -0.329 e. The van der Waals surface area contributed by atoms with Crippen molar-refractivity contribution in [2.45, 2.75) is 52.1 Å². The van der Waals surface area contributed by atoms with Gasteiger partial charge in [0.25, 0.3) is 0 Å². The van der Waals surface area contributed by atoms with E-state index in [2.05, 4.69) is 25.2 Å². The van der Waals surface area contributed by atoms with Crippen LogP contribution in [-0.4, -0.2) is 17.8 Å². The second-order valence-corrected chi connectivity index (χ2v) is 8.89. The summed E-state index contributed by atoms with van der Waals surface area (Å²) in [6.45, 7) is 4.40. The molecule has 24 heavy (non-hydrogen) atoms. The van der Waals surface area contributed by atoms with Gasteiger partial charge in [-0.25, -0.2) is 0 Å². The van der Waals surface area contributed by atoms with Gasteiger partial charge in [0.05, 0.1) is 6.10 Å². The van der Waals surface area contributed by atoms with E-state index in [4.69, 9.17) is 3.07 Å². The van der Waals surface area contributed by atoms with E-state index in [1.54, 1.807) is 12.3 Å². The lowest BCUT2D eigenvalue weighted by Crippen LogP contribution is -2.54. The predicted molar refractivity (Wildman–Crippen MR) is 99.0 cm³/mol. The Balaban J connectivity index is 1.76. The summed E-state index contributed by atoms with van der Waals surface area (Å²) >= 11 is 2.01. The second kappa shape index (κ2) is 5.66. The Morgan fingerprint density at radius 2 is 2.04 bits per heavy atom. The Hall–Kier alpha value is -0.690. The number of hydrogen-bond acceptors (Lipinski definition) is 3. The topological polar surface area (TPSA) is 55.4 Å². The molecule has 4 aliphatic rings. The number of Topliss-reactive ketones (excluding diaryl/α,β-unsaturated/α-hetero) is 1. The molecule has 0 radical (unpaired) electrons. The van der Waals surface area contributed by atoms with Crippen molar-refractivity contribution in [3.05, 3.63) is 23.9 Å². The Morgan fingerprint density at radius 1 is 1.25 bits per heavy atom. The number of rotatable bonds is 1. The van der Waals surface area contributed by atoms with Gasteiger partial charge in [-0.3, -0.25) is 9.59 Å². The molecule has 130 valence electrons.